The zero-order valence-corrected chi connectivity index (χ0v) is 12.2. The molecule has 0 N–H and O–H groups in total. The van der Waals surface area contributed by atoms with E-state index in [4.69, 9.17) is 9.78 Å². The highest BCUT2D eigenvalue weighted by Crippen LogP contribution is 2.63. The minimum atomic E-state index is -0.0167. The predicted octanol–water partition coefficient (Wildman–Crippen LogP) is 3.51. The number of aromatic nitrogens is 2. The van der Waals surface area contributed by atoms with Crippen LogP contribution in [0.2, 0.25) is 0 Å². The number of thioether (sulfide) groups is 1. The quantitative estimate of drug-likeness (QED) is 0.842. The van der Waals surface area contributed by atoms with Crippen LogP contribution in [0.4, 0.5) is 0 Å². The Bertz CT molecular complexity index is 499. The summed E-state index contributed by atoms with van der Waals surface area (Å²) >= 11 is 1.94. The van der Waals surface area contributed by atoms with Crippen molar-refractivity contribution in [3.63, 3.8) is 0 Å². The largest absolute Gasteiger partial charge is 0.339 e. The van der Waals surface area contributed by atoms with E-state index in [9.17, 15) is 0 Å². The van der Waals surface area contributed by atoms with E-state index < -0.39 is 0 Å². The fraction of sp³-hybridized carbons (Fsp3) is 0.786. The first-order chi connectivity index (χ1) is 9.13. The van der Waals surface area contributed by atoms with Crippen LogP contribution in [0.3, 0.4) is 0 Å². The fourth-order valence-corrected chi connectivity index (χ4v) is 4.21. The van der Waals surface area contributed by atoms with E-state index in [0.717, 1.165) is 16.8 Å². The van der Waals surface area contributed by atoms with Crippen LogP contribution in [-0.4, -0.2) is 15.4 Å². The summed E-state index contributed by atoms with van der Waals surface area (Å²) in [5.74, 6) is 2.40. The smallest absolute Gasteiger partial charge is 0.231 e. The molecule has 1 aromatic heterocycles. The highest BCUT2D eigenvalue weighted by molar-refractivity contribution is 7.99. The van der Waals surface area contributed by atoms with E-state index in [1.54, 1.807) is 0 Å². The van der Waals surface area contributed by atoms with Crippen LogP contribution in [0, 0.1) is 22.7 Å². The zero-order chi connectivity index (χ0) is 13.5. The van der Waals surface area contributed by atoms with Crippen molar-refractivity contribution in [1.82, 2.24) is 10.1 Å². The van der Waals surface area contributed by atoms with E-state index in [0.29, 0.717) is 5.89 Å². The second-order valence-corrected chi connectivity index (χ2v) is 7.46. The normalized spacial score (nSPS) is 29.3. The van der Waals surface area contributed by atoms with Crippen LogP contribution in [0.1, 0.15) is 57.2 Å². The Morgan fingerprint density at radius 1 is 1.42 bits per heavy atom. The first kappa shape index (κ1) is 13.0. The Labute approximate surface area is 117 Å². The Kier molecular flexibility index (Phi) is 3.30. The molecule has 2 aliphatic rings. The molecular formula is C14H19N3OS. The highest BCUT2D eigenvalue weighted by Gasteiger charge is 2.62. The van der Waals surface area contributed by atoms with Gasteiger partial charge in [0.15, 0.2) is 5.82 Å². The molecule has 4 nitrogen and oxygen atoms in total. The van der Waals surface area contributed by atoms with Gasteiger partial charge in [-0.3, -0.25) is 0 Å². The maximum Gasteiger partial charge on any atom is 0.231 e. The molecule has 0 aliphatic heterocycles. The Morgan fingerprint density at radius 3 is 2.79 bits per heavy atom. The Hall–Kier alpha value is -1.02. The lowest BCUT2D eigenvalue weighted by Gasteiger charge is -2.04. The molecule has 5 heteroatoms. The van der Waals surface area contributed by atoms with E-state index in [1.165, 1.54) is 25.7 Å². The number of hydrogen-bond donors (Lipinski definition) is 0. The molecule has 0 spiro atoms. The lowest BCUT2D eigenvalue weighted by molar-refractivity contribution is 0.364. The lowest BCUT2D eigenvalue weighted by atomic mass is 10.1. The molecule has 0 aromatic carbocycles. The second kappa shape index (κ2) is 4.82. The van der Waals surface area contributed by atoms with Gasteiger partial charge in [-0.1, -0.05) is 31.8 Å². The van der Waals surface area contributed by atoms with Gasteiger partial charge < -0.3 is 4.52 Å². The maximum absolute atomic E-state index is 9.08. The van der Waals surface area contributed by atoms with Gasteiger partial charge in [0.1, 0.15) is 0 Å². The second-order valence-electron chi connectivity index (χ2n) is 6.17. The number of hydrogen-bond acceptors (Lipinski definition) is 5. The van der Waals surface area contributed by atoms with Crippen LogP contribution >= 0.6 is 11.8 Å². The van der Waals surface area contributed by atoms with E-state index in [1.807, 2.05) is 11.8 Å². The lowest BCUT2D eigenvalue weighted by Crippen LogP contribution is -1.96. The molecule has 2 fully saturated rings. The summed E-state index contributed by atoms with van der Waals surface area (Å²) in [4.78, 5) is 4.48. The molecule has 0 radical (unpaired) electrons. The monoisotopic (exact) mass is 277 g/mol. The molecule has 2 saturated carbocycles. The Balaban J connectivity index is 1.59. The minimum absolute atomic E-state index is 0.0167. The maximum atomic E-state index is 9.08. The molecule has 2 unspecified atom stereocenters. The van der Waals surface area contributed by atoms with Crippen LogP contribution in [-0.2, 0) is 5.75 Å². The van der Waals surface area contributed by atoms with Gasteiger partial charge in [-0.25, -0.2) is 0 Å². The topological polar surface area (TPSA) is 62.7 Å². The average molecular weight is 277 g/mol. The van der Waals surface area contributed by atoms with Crippen molar-refractivity contribution in [2.75, 3.05) is 0 Å². The van der Waals surface area contributed by atoms with Crippen LogP contribution in [0.25, 0.3) is 0 Å². The summed E-state index contributed by atoms with van der Waals surface area (Å²) < 4.78 is 5.35. The van der Waals surface area contributed by atoms with Gasteiger partial charge in [-0.15, -0.1) is 0 Å². The number of rotatable bonds is 4. The third-order valence-electron chi connectivity index (χ3n) is 4.47. The third-order valence-corrected chi connectivity index (χ3v) is 5.83. The van der Waals surface area contributed by atoms with Crippen molar-refractivity contribution in [2.45, 2.75) is 56.5 Å². The average Bonchev–Trinajstić information content (AvgIpc) is 2.88. The third kappa shape index (κ3) is 2.38. The van der Waals surface area contributed by atoms with Gasteiger partial charge in [0.2, 0.25) is 5.89 Å². The van der Waals surface area contributed by atoms with Crippen molar-refractivity contribution < 1.29 is 4.52 Å². The highest BCUT2D eigenvalue weighted by atomic mass is 32.2. The van der Waals surface area contributed by atoms with Crippen LogP contribution in [0.15, 0.2) is 4.52 Å². The SMILES string of the molecule is CC1(C)C(C#N)C1c1nc(CSC2CCCC2)no1. The Morgan fingerprint density at radius 2 is 2.16 bits per heavy atom. The molecule has 1 aromatic rings. The summed E-state index contributed by atoms with van der Waals surface area (Å²) in [7, 11) is 0. The molecule has 0 bridgehead atoms. The number of nitriles is 1. The van der Waals surface area contributed by atoms with Crippen molar-refractivity contribution in [1.29, 1.82) is 5.26 Å². The van der Waals surface area contributed by atoms with E-state index in [2.05, 4.69) is 30.1 Å². The molecule has 19 heavy (non-hydrogen) atoms. The van der Waals surface area contributed by atoms with Crippen molar-refractivity contribution in [2.24, 2.45) is 11.3 Å². The molecular weight excluding hydrogens is 258 g/mol. The molecule has 0 amide bonds. The van der Waals surface area contributed by atoms with Gasteiger partial charge in [0, 0.05) is 5.25 Å². The summed E-state index contributed by atoms with van der Waals surface area (Å²) in [5.41, 5.74) is -0.0167. The van der Waals surface area contributed by atoms with Gasteiger partial charge in [0.05, 0.1) is 23.7 Å². The van der Waals surface area contributed by atoms with Crippen LogP contribution < -0.4 is 0 Å². The zero-order valence-electron chi connectivity index (χ0n) is 11.4. The summed E-state index contributed by atoms with van der Waals surface area (Å²) in [6, 6.07) is 2.33. The molecule has 1 heterocycles. The van der Waals surface area contributed by atoms with Crippen molar-refractivity contribution >= 4 is 11.8 Å². The first-order valence-corrected chi connectivity index (χ1v) is 8.01. The van der Waals surface area contributed by atoms with Crippen molar-refractivity contribution in [3.05, 3.63) is 11.7 Å². The minimum Gasteiger partial charge on any atom is -0.339 e. The fourth-order valence-electron chi connectivity index (χ4n) is 3.04. The summed E-state index contributed by atoms with van der Waals surface area (Å²) in [6.07, 6.45) is 5.35. The standard InChI is InChI=1S/C14H19N3OS/c1-14(2)10(7-15)12(14)13-16-11(17-18-13)8-19-9-5-3-4-6-9/h9-10,12H,3-6,8H2,1-2H3. The van der Waals surface area contributed by atoms with Crippen molar-refractivity contribution in [3.8, 4) is 6.07 Å². The van der Waals surface area contributed by atoms with Crippen LogP contribution in [0.5, 0.6) is 0 Å². The number of nitrogens with zero attached hydrogens (tertiary/aromatic N) is 3. The summed E-state index contributed by atoms with van der Waals surface area (Å²) in [5, 5.41) is 13.9. The predicted molar refractivity (Wildman–Crippen MR) is 73.5 cm³/mol. The van der Waals surface area contributed by atoms with Gasteiger partial charge in [-0.05, 0) is 18.3 Å². The molecule has 102 valence electrons. The van der Waals surface area contributed by atoms with Gasteiger partial charge in [0.25, 0.3) is 0 Å². The van der Waals surface area contributed by atoms with Gasteiger partial charge in [-0.2, -0.15) is 22.0 Å². The van der Waals surface area contributed by atoms with E-state index in [-0.39, 0.29) is 17.3 Å². The van der Waals surface area contributed by atoms with Gasteiger partial charge >= 0.3 is 0 Å². The molecule has 0 saturated heterocycles. The van der Waals surface area contributed by atoms with E-state index >= 15 is 0 Å². The molecule has 2 aliphatic carbocycles. The molecule has 2 atom stereocenters. The first-order valence-electron chi connectivity index (χ1n) is 6.96. The molecule has 3 rings (SSSR count). The summed E-state index contributed by atoms with van der Waals surface area (Å²) in [6.45, 7) is 4.17.